The summed E-state index contributed by atoms with van der Waals surface area (Å²) in [4.78, 5) is 6.63. The normalized spacial score (nSPS) is 11.4. The molecule has 7 heteroatoms. The van der Waals surface area contributed by atoms with Gasteiger partial charge in [0.25, 0.3) is 6.01 Å². The summed E-state index contributed by atoms with van der Waals surface area (Å²) >= 11 is 0. The molecule has 27 heavy (non-hydrogen) atoms. The summed E-state index contributed by atoms with van der Waals surface area (Å²) < 4.78 is 7.72. The highest BCUT2D eigenvalue weighted by Gasteiger charge is 2.09. The summed E-state index contributed by atoms with van der Waals surface area (Å²) in [7, 11) is 5.86. The molecular formula is C20H28N6O. The fourth-order valence-corrected chi connectivity index (χ4v) is 3.04. The number of anilines is 1. The van der Waals surface area contributed by atoms with Gasteiger partial charge in [-0.2, -0.15) is 4.98 Å². The third-order valence-electron chi connectivity index (χ3n) is 4.73. The van der Waals surface area contributed by atoms with Crippen LogP contribution in [0.1, 0.15) is 5.56 Å². The van der Waals surface area contributed by atoms with Gasteiger partial charge in [-0.15, -0.1) is 0 Å². The molecule has 3 rings (SSSR count). The first kappa shape index (κ1) is 19.1. The predicted octanol–water partition coefficient (Wildman–Crippen LogP) is 2.28. The maximum absolute atomic E-state index is 8.39. The third-order valence-corrected chi connectivity index (χ3v) is 4.73. The van der Waals surface area contributed by atoms with Gasteiger partial charge in [0.1, 0.15) is 11.0 Å². The molecule has 3 aromatic rings. The number of nitrogens with zero attached hydrogens (tertiary/aromatic N) is 3. The van der Waals surface area contributed by atoms with Crippen molar-refractivity contribution in [3.8, 4) is 11.1 Å². The Hall–Kier alpha value is -2.64. The number of oxazole rings is 1. The molecule has 144 valence electrons. The molecule has 0 aliphatic heterocycles. The van der Waals surface area contributed by atoms with Crippen LogP contribution in [0, 0.1) is 12.3 Å². The summed E-state index contributed by atoms with van der Waals surface area (Å²) in [5.74, 6) is 0. The zero-order chi connectivity index (χ0) is 19.4. The average molecular weight is 368 g/mol. The van der Waals surface area contributed by atoms with Crippen LogP contribution in [0.5, 0.6) is 0 Å². The summed E-state index contributed by atoms with van der Waals surface area (Å²) in [6, 6.07) is 8.59. The predicted molar refractivity (Wildman–Crippen MR) is 109 cm³/mol. The van der Waals surface area contributed by atoms with Crippen LogP contribution in [0.15, 0.2) is 34.9 Å². The lowest BCUT2D eigenvalue weighted by atomic mass is 10.1. The van der Waals surface area contributed by atoms with Crippen LogP contribution in [0.2, 0.25) is 0 Å². The number of aryl methyl sites for hydroxylation is 1. The Balaban J connectivity index is 1.87. The van der Waals surface area contributed by atoms with Crippen molar-refractivity contribution < 1.29 is 4.42 Å². The van der Waals surface area contributed by atoms with E-state index in [1.165, 1.54) is 0 Å². The second-order valence-corrected chi connectivity index (χ2v) is 6.81. The Labute approximate surface area is 159 Å². The number of likely N-dealkylation sites (N-methyl/N-ethyl adjacent to an activating group) is 2. The minimum Gasteiger partial charge on any atom is -0.424 e. The Morgan fingerprint density at radius 2 is 2.00 bits per heavy atom. The number of pyridine rings is 1. The molecule has 7 nitrogen and oxygen atoms in total. The Morgan fingerprint density at radius 1 is 1.19 bits per heavy atom. The first-order valence-electron chi connectivity index (χ1n) is 9.19. The number of rotatable bonds is 8. The Bertz CT molecular complexity index is 974. The van der Waals surface area contributed by atoms with Crippen LogP contribution < -0.4 is 16.1 Å². The number of fused-ring (bicyclic) bond motifs is 1. The number of hydrogen-bond acceptors (Lipinski definition) is 6. The highest BCUT2D eigenvalue weighted by molar-refractivity contribution is 5.81. The molecule has 0 aliphatic rings. The fourth-order valence-electron chi connectivity index (χ4n) is 3.04. The van der Waals surface area contributed by atoms with Gasteiger partial charge in [0.05, 0.1) is 0 Å². The number of aromatic nitrogens is 2. The van der Waals surface area contributed by atoms with Crippen molar-refractivity contribution in [2.75, 3.05) is 46.1 Å². The SMILES string of the molecule is CNCCN(C)CCn1cc(-c2ccc3nc(NC)oc3c2)cc(C)c1=N. The van der Waals surface area contributed by atoms with E-state index in [9.17, 15) is 0 Å². The van der Waals surface area contributed by atoms with Gasteiger partial charge < -0.3 is 24.5 Å². The molecule has 0 spiro atoms. The van der Waals surface area contributed by atoms with Crippen LogP contribution in [0.25, 0.3) is 22.2 Å². The van der Waals surface area contributed by atoms with Crippen molar-refractivity contribution in [2.45, 2.75) is 13.5 Å². The molecule has 0 saturated heterocycles. The smallest absolute Gasteiger partial charge is 0.295 e. The monoisotopic (exact) mass is 368 g/mol. The molecule has 0 aliphatic carbocycles. The minimum absolute atomic E-state index is 0.513. The molecule has 2 aromatic heterocycles. The molecule has 0 radical (unpaired) electrons. The van der Waals surface area contributed by atoms with Gasteiger partial charge in [0, 0.05) is 39.4 Å². The summed E-state index contributed by atoms with van der Waals surface area (Å²) in [6.45, 7) is 5.61. The Morgan fingerprint density at radius 3 is 2.74 bits per heavy atom. The van der Waals surface area contributed by atoms with E-state index >= 15 is 0 Å². The molecular weight excluding hydrogens is 340 g/mol. The summed E-state index contributed by atoms with van der Waals surface area (Å²) in [5.41, 5.74) is 5.23. The van der Waals surface area contributed by atoms with Crippen LogP contribution in [-0.2, 0) is 6.54 Å². The van der Waals surface area contributed by atoms with E-state index < -0.39 is 0 Å². The number of hydrogen-bond donors (Lipinski definition) is 3. The van der Waals surface area contributed by atoms with Crippen molar-refractivity contribution in [3.63, 3.8) is 0 Å². The molecule has 0 atom stereocenters. The van der Waals surface area contributed by atoms with Crippen molar-refractivity contribution in [1.29, 1.82) is 5.41 Å². The van der Waals surface area contributed by atoms with Crippen LogP contribution in [-0.4, -0.2) is 55.2 Å². The Kier molecular flexibility index (Phi) is 5.93. The largest absolute Gasteiger partial charge is 0.424 e. The van der Waals surface area contributed by atoms with E-state index in [2.05, 4.69) is 39.8 Å². The van der Waals surface area contributed by atoms with Crippen molar-refractivity contribution in [1.82, 2.24) is 19.8 Å². The maximum atomic E-state index is 8.39. The first-order chi connectivity index (χ1) is 13.0. The minimum atomic E-state index is 0.513. The van der Waals surface area contributed by atoms with E-state index in [1.807, 2.05) is 36.7 Å². The van der Waals surface area contributed by atoms with Crippen molar-refractivity contribution >= 4 is 17.1 Å². The van der Waals surface area contributed by atoms with E-state index in [4.69, 9.17) is 9.83 Å². The quantitative estimate of drug-likeness (QED) is 0.568. The first-order valence-corrected chi connectivity index (χ1v) is 9.19. The maximum Gasteiger partial charge on any atom is 0.295 e. The highest BCUT2D eigenvalue weighted by atomic mass is 16.4. The number of benzene rings is 1. The van der Waals surface area contributed by atoms with E-state index in [1.54, 1.807) is 7.05 Å². The molecule has 0 bridgehead atoms. The van der Waals surface area contributed by atoms with Crippen molar-refractivity contribution in [3.05, 3.63) is 41.5 Å². The third kappa shape index (κ3) is 4.37. The summed E-state index contributed by atoms with van der Waals surface area (Å²) in [5, 5.41) is 14.5. The topological polar surface area (TPSA) is 82.1 Å². The molecule has 0 unspecified atom stereocenters. The van der Waals surface area contributed by atoms with Gasteiger partial charge in [0.2, 0.25) is 0 Å². The highest BCUT2D eigenvalue weighted by Crippen LogP contribution is 2.26. The van der Waals surface area contributed by atoms with Crippen LogP contribution in [0.3, 0.4) is 0 Å². The molecule has 0 saturated carbocycles. The van der Waals surface area contributed by atoms with E-state index in [0.29, 0.717) is 11.5 Å². The molecule has 2 heterocycles. The summed E-state index contributed by atoms with van der Waals surface area (Å²) in [6.07, 6.45) is 2.05. The van der Waals surface area contributed by atoms with Gasteiger partial charge in [-0.3, -0.25) is 5.41 Å². The standard InChI is InChI=1S/C20H28N6O/c1-14-11-16(13-26(19(14)21)10-9-25(4)8-7-22-2)15-5-6-17-18(12-15)27-20(23-3)24-17/h5-6,11-13,21-22H,7-10H2,1-4H3,(H,23,24). The zero-order valence-corrected chi connectivity index (χ0v) is 16.5. The number of nitrogens with one attached hydrogen (secondary N) is 3. The lowest BCUT2D eigenvalue weighted by Gasteiger charge is -2.18. The van der Waals surface area contributed by atoms with Gasteiger partial charge in [-0.1, -0.05) is 6.07 Å². The van der Waals surface area contributed by atoms with Crippen molar-refractivity contribution in [2.24, 2.45) is 0 Å². The van der Waals surface area contributed by atoms with E-state index in [-0.39, 0.29) is 0 Å². The van der Waals surface area contributed by atoms with Crippen LogP contribution in [0.4, 0.5) is 6.01 Å². The lowest BCUT2D eigenvalue weighted by molar-refractivity contribution is 0.317. The zero-order valence-electron chi connectivity index (χ0n) is 16.5. The molecule has 3 N–H and O–H groups in total. The fraction of sp³-hybridized carbons (Fsp3) is 0.400. The molecule has 0 amide bonds. The van der Waals surface area contributed by atoms with Crippen LogP contribution >= 0.6 is 0 Å². The molecule has 1 aromatic carbocycles. The van der Waals surface area contributed by atoms with Gasteiger partial charge in [0.15, 0.2) is 5.58 Å². The van der Waals surface area contributed by atoms with E-state index in [0.717, 1.165) is 54.0 Å². The second-order valence-electron chi connectivity index (χ2n) is 6.81. The van der Waals surface area contributed by atoms with Gasteiger partial charge in [-0.05, 0) is 55.9 Å². The second kappa shape index (κ2) is 8.37. The van der Waals surface area contributed by atoms with Gasteiger partial charge >= 0.3 is 0 Å². The average Bonchev–Trinajstić information content (AvgIpc) is 3.09. The van der Waals surface area contributed by atoms with Gasteiger partial charge in [-0.25, -0.2) is 0 Å². The molecule has 0 fully saturated rings. The lowest BCUT2D eigenvalue weighted by Crippen LogP contribution is -2.33.